The number of urea groups is 1. The summed E-state index contributed by atoms with van der Waals surface area (Å²) in [7, 11) is 3.17. The standard InChI is InChI=1S/C26H20F4N8O2/c1-31-24-32-13-15-10-17(23(39)37(2)22(15)35-24)14-8-9-18(27)19(11-14)33-25(40)34-21-12-20(26(28,29)30)36-38(21)16-6-4-3-5-7-16/h3-13H,1-2H3,(H,31,32,35)(H2,33,34,40). The number of anilines is 3. The number of amides is 2. The fourth-order valence-corrected chi connectivity index (χ4v) is 4.01. The number of hydrogen-bond acceptors (Lipinski definition) is 6. The molecule has 2 amide bonds. The van der Waals surface area contributed by atoms with Crippen LogP contribution in [-0.4, -0.2) is 37.4 Å². The van der Waals surface area contributed by atoms with Gasteiger partial charge < -0.3 is 10.6 Å². The zero-order chi connectivity index (χ0) is 28.6. The largest absolute Gasteiger partial charge is 0.435 e. The second-order valence-electron chi connectivity index (χ2n) is 8.58. The van der Waals surface area contributed by atoms with Crippen molar-refractivity contribution in [2.24, 2.45) is 7.05 Å². The number of nitrogens with one attached hydrogen (secondary N) is 3. The van der Waals surface area contributed by atoms with Gasteiger partial charge in [-0.15, -0.1) is 0 Å². The molecule has 3 N–H and O–H groups in total. The van der Waals surface area contributed by atoms with Crippen LogP contribution in [0.3, 0.4) is 0 Å². The van der Waals surface area contributed by atoms with E-state index in [0.29, 0.717) is 23.0 Å². The number of alkyl halides is 3. The second kappa shape index (κ2) is 10.1. The van der Waals surface area contributed by atoms with Crippen molar-refractivity contribution in [3.8, 4) is 16.8 Å². The van der Waals surface area contributed by atoms with Crippen molar-refractivity contribution in [1.29, 1.82) is 0 Å². The van der Waals surface area contributed by atoms with Crippen molar-refractivity contribution in [3.05, 3.63) is 88.7 Å². The molecule has 0 spiro atoms. The number of para-hydroxylation sites is 1. The zero-order valence-electron chi connectivity index (χ0n) is 20.9. The molecule has 5 rings (SSSR count). The Labute approximate surface area is 223 Å². The van der Waals surface area contributed by atoms with Gasteiger partial charge in [0, 0.05) is 37.3 Å². The average Bonchev–Trinajstić information content (AvgIpc) is 3.36. The fraction of sp³-hybridized carbons (Fsp3) is 0.115. The highest BCUT2D eigenvalue weighted by Crippen LogP contribution is 2.31. The maximum atomic E-state index is 14.7. The van der Waals surface area contributed by atoms with Crippen LogP contribution in [0.2, 0.25) is 0 Å². The third-order valence-electron chi connectivity index (χ3n) is 5.94. The zero-order valence-corrected chi connectivity index (χ0v) is 20.9. The van der Waals surface area contributed by atoms with E-state index in [1.807, 2.05) is 0 Å². The Kier molecular flexibility index (Phi) is 6.67. The second-order valence-corrected chi connectivity index (χ2v) is 8.58. The lowest BCUT2D eigenvalue weighted by Gasteiger charge is -2.12. The van der Waals surface area contributed by atoms with Crippen molar-refractivity contribution in [2.75, 3.05) is 23.0 Å². The Bertz CT molecular complexity index is 1800. The van der Waals surface area contributed by atoms with Crippen LogP contribution in [0, 0.1) is 5.82 Å². The number of benzene rings is 2. The van der Waals surface area contributed by atoms with Gasteiger partial charge in [0.1, 0.15) is 17.3 Å². The minimum absolute atomic E-state index is 0.191. The molecule has 40 heavy (non-hydrogen) atoms. The summed E-state index contributed by atoms with van der Waals surface area (Å²) < 4.78 is 56.9. The number of fused-ring (bicyclic) bond motifs is 1. The molecule has 2 aromatic carbocycles. The van der Waals surface area contributed by atoms with E-state index in [4.69, 9.17) is 0 Å². The third-order valence-corrected chi connectivity index (χ3v) is 5.94. The van der Waals surface area contributed by atoms with Crippen LogP contribution < -0.4 is 21.5 Å². The number of hydrogen-bond donors (Lipinski definition) is 3. The Balaban J connectivity index is 1.46. The molecule has 5 aromatic rings. The third kappa shape index (κ3) is 5.06. The molecular weight excluding hydrogens is 532 g/mol. The van der Waals surface area contributed by atoms with E-state index in [2.05, 4.69) is 31.0 Å². The van der Waals surface area contributed by atoms with E-state index in [1.165, 1.54) is 42.1 Å². The molecule has 0 radical (unpaired) electrons. The molecule has 0 bridgehead atoms. The molecule has 0 unspecified atom stereocenters. The summed E-state index contributed by atoms with van der Waals surface area (Å²) in [6, 6.07) is 12.7. The predicted octanol–water partition coefficient (Wildman–Crippen LogP) is 5.02. The van der Waals surface area contributed by atoms with E-state index in [0.717, 1.165) is 10.7 Å². The van der Waals surface area contributed by atoms with Gasteiger partial charge in [0.2, 0.25) is 5.95 Å². The fourth-order valence-electron chi connectivity index (χ4n) is 4.01. The first-order valence-corrected chi connectivity index (χ1v) is 11.7. The summed E-state index contributed by atoms with van der Waals surface area (Å²) in [6.07, 6.45) is -3.24. The van der Waals surface area contributed by atoms with Gasteiger partial charge in [0.05, 0.1) is 11.4 Å². The molecular formula is C26H20F4N8O2. The Morgan fingerprint density at radius 1 is 1.00 bits per heavy atom. The quantitative estimate of drug-likeness (QED) is 0.264. The van der Waals surface area contributed by atoms with Gasteiger partial charge in [-0.05, 0) is 35.9 Å². The molecule has 0 aliphatic heterocycles. The van der Waals surface area contributed by atoms with E-state index < -0.39 is 29.3 Å². The first-order chi connectivity index (χ1) is 19.0. The molecule has 0 atom stereocenters. The summed E-state index contributed by atoms with van der Waals surface area (Å²) >= 11 is 0. The summed E-state index contributed by atoms with van der Waals surface area (Å²) in [6.45, 7) is 0. The number of halogens is 4. The van der Waals surface area contributed by atoms with Crippen LogP contribution in [0.15, 0.2) is 71.7 Å². The van der Waals surface area contributed by atoms with Crippen LogP contribution in [0.1, 0.15) is 5.69 Å². The monoisotopic (exact) mass is 552 g/mol. The van der Waals surface area contributed by atoms with Crippen LogP contribution in [0.25, 0.3) is 27.8 Å². The van der Waals surface area contributed by atoms with Gasteiger partial charge in [-0.25, -0.2) is 18.9 Å². The van der Waals surface area contributed by atoms with Crippen molar-refractivity contribution < 1.29 is 22.4 Å². The van der Waals surface area contributed by atoms with E-state index >= 15 is 0 Å². The maximum absolute atomic E-state index is 14.7. The molecule has 3 heterocycles. The van der Waals surface area contributed by atoms with Crippen LogP contribution >= 0.6 is 0 Å². The van der Waals surface area contributed by atoms with Gasteiger partial charge in [-0.3, -0.25) is 14.7 Å². The van der Waals surface area contributed by atoms with E-state index in [1.54, 1.807) is 31.3 Å². The average molecular weight is 552 g/mol. The molecule has 10 nitrogen and oxygen atoms in total. The summed E-state index contributed by atoms with van der Waals surface area (Å²) in [4.78, 5) is 34.3. The van der Waals surface area contributed by atoms with Gasteiger partial charge in [-0.1, -0.05) is 24.3 Å². The number of carbonyl (C=O) groups excluding carboxylic acids is 1. The number of rotatable bonds is 5. The van der Waals surface area contributed by atoms with Crippen LogP contribution in [0.5, 0.6) is 0 Å². The summed E-state index contributed by atoms with van der Waals surface area (Å²) in [5, 5.41) is 11.5. The molecule has 3 aromatic heterocycles. The normalized spacial score (nSPS) is 11.4. The Morgan fingerprint density at radius 3 is 2.45 bits per heavy atom. The Morgan fingerprint density at radius 2 is 1.75 bits per heavy atom. The minimum atomic E-state index is -4.76. The highest BCUT2D eigenvalue weighted by Gasteiger charge is 2.35. The lowest BCUT2D eigenvalue weighted by atomic mass is 10.1. The van der Waals surface area contributed by atoms with E-state index in [-0.39, 0.29) is 28.3 Å². The van der Waals surface area contributed by atoms with Gasteiger partial charge in [0.25, 0.3) is 5.56 Å². The van der Waals surface area contributed by atoms with Crippen LogP contribution in [0.4, 0.5) is 39.8 Å². The molecule has 0 aliphatic carbocycles. The summed E-state index contributed by atoms with van der Waals surface area (Å²) in [5.74, 6) is -0.798. The Hall–Kier alpha value is -5.27. The number of aryl methyl sites for hydroxylation is 1. The number of carbonyl (C=O) groups is 1. The first-order valence-electron chi connectivity index (χ1n) is 11.7. The van der Waals surface area contributed by atoms with Crippen molar-refractivity contribution >= 4 is 34.5 Å². The molecule has 0 saturated carbocycles. The number of pyridine rings is 1. The molecule has 0 saturated heterocycles. The molecule has 14 heteroatoms. The lowest BCUT2D eigenvalue weighted by molar-refractivity contribution is -0.141. The van der Waals surface area contributed by atoms with E-state index in [9.17, 15) is 27.2 Å². The lowest BCUT2D eigenvalue weighted by Crippen LogP contribution is -2.22. The summed E-state index contributed by atoms with van der Waals surface area (Å²) in [5.41, 5.74) is -0.845. The number of nitrogens with zero attached hydrogens (tertiary/aromatic N) is 5. The maximum Gasteiger partial charge on any atom is 0.435 e. The van der Waals surface area contributed by atoms with Gasteiger partial charge in [-0.2, -0.15) is 23.3 Å². The first kappa shape index (κ1) is 26.3. The smallest absolute Gasteiger partial charge is 0.357 e. The van der Waals surface area contributed by atoms with Gasteiger partial charge in [0.15, 0.2) is 5.69 Å². The molecule has 204 valence electrons. The molecule has 0 fully saturated rings. The predicted molar refractivity (Wildman–Crippen MR) is 141 cm³/mol. The molecule has 0 aliphatic rings. The van der Waals surface area contributed by atoms with Crippen LogP contribution in [-0.2, 0) is 13.2 Å². The minimum Gasteiger partial charge on any atom is -0.357 e. The van der Waals surface area contributed by atoms with Crippen molar-refractivity contribution in [3.63, 3.8) is 0 Å². The SMILES string of the molecule is CNc1ncc2cc(-c3ccc(F)c(NC(=O)Nc4cc(C(F)(F)F)nn4-c4ccccc4)c3)c(=O)n(C)c2n1. The topological polar surface area (TPSA) is 119 Å². The van der Waals surface area contributed by atoms with Gasteiger partial charge >= 0.3 is 12.2 Å². The number of aromatic nitrogens is 5. The highest BCUT2D eigenvalue weighted by molar-refractivity contribution is 6.00. The van der Waals surface area contributed by atoms with Crippen molar-refractivity contribution in [2.45, 2.75) is 6.18 Å². The van der Waals surface area contributed by atoms with Crippen molar-refractivity contribution in [1.82, 2.24) is 24.3 Å². The highest BCUT2D eigenvalue weighted by atomic mass is 19.4.